The van der Waals surface area contributed by atoms with Crippen molar-refractivity contribution < 1.29 is 23.8 Å². The monoisotopic (exact) mass is 411 g/mol. The van der Waals surface area contributed by atoms with E-state index in [9.17, 15) is 9.59 Å². The van der Waals surface area contributed by atoms with Crippen molar-refractivity contribution in [1.82, 2.24) is 4.90 Å². The van der Waals surface area contributed by atoms with E-state index in [1.54, 1.807) is 51.5 Å². The van der Waals surface area contributed by atoms with E-state index < -0.39 is 0 Å². The van der Waals surface area contributed by atoms with Crippen LogP contribution in [0.1, 0.15) is 35.7 Å². The van der Waals surface area contributed by atoms with Gasteiger partial charge in [0.25, 0.3) is 5.91 Å². The molecule has 30 heavy (non-hydrogen) atoms. The number of unbranched alkanes of at least 4 members (excludes halogenated alkanes) is 1. The molecule has 0 bridgehead atoms. The number of nitrogens with zero attached hydrogens (tertiary/aromatic N) is 1. The molecule has 2 rings (SSSR count). The zero-order chi connectivity index (χ0) is 21.9. The van der Waals surface area contributed by atoms with E-state index in [0.29, 0.717) is 29.4 Å². The maximum atomic E-state index is 12.6. The SMILES string of the molecule is CCCCOc1cc(/C=C/C(=O)c2cccc(OCC(=O)N(C)C)c2)ccc1OC. The highest BCUT2D eigenvalue weighted by Crippen LogP contribution is 2.29. The van der Waals surface area contributed by atoms with Gasteiger partial charge < -0.3 is 19.1 Å². The first-order valence-corrected chi connectivity index (χ1v) is 9.90. The Balaban J connectivity index is 2.07. The van der Waals surface area contributed by atoms with Gasteiger partial charge in [-0.3, -0.25) is 9.59 Å². The Morgan fingerprint density at radius 1 is 1.03 bits per heavy atom. The van der Waals surface area contributed by atoms with E-state index in [2.05, 4.69) is 6.92 Å². The van der Waals surface area contributed by atoms with Gasteiger partial charge in [-0.25, -0.2) is 0 Å². The second kappa shape index (κ2) is 11.7. The number of ketones is 1. The minimum absolute atomic E-state index is 0.0763. The fourth-order valence-electron chi connectivity index (χ4n) is 2.52. The van der Waals surface area contributed by atoms with Crippen LogP contribution in [0.15, 0.2) is 48.5 Å². The molecule has 0 radical (unpaired) electrons. The normalized spacial score (nSPS) is 10.7. The minimum Gasteiger partial charge on any atom is -0.493 e. The summed E-state index contributed by atoms with van der Waals surface area (Å²) in [6.45, 7) is 2.64. The summed E-state index contributed by atoms with van der Waals surface area (Å²) >= 11 is 0. The van der Waals surface area contributed by atoms with Crippen molar-refractivity contribution in [3.8, 4) is 17.2 Å². The summed E-state index contributed by atoms with van der Waals surface area (Å²) in [5, 5.41) is 0. The smallest absolute Gasteiger partial charge is 0.259 e. The first-order chi connectivity index (χ1) is 14.4. The van der Waals surface area contributed by atoms with Crippen LogP contribution in [0.5, 0.6) is 17.2 Å². The maximum absolute atomic E-state index is 12.6. The maximum Gasteiger partial charge on any atom is 0.259 e. The first kappa shape index (κ1) is 23.0. The Morgan fingerprint density at radius 2 is 1.83 bits per heavy atom. The van der Waals surface area contributed by atoms with Crippen LogP contribution >= 0.6 is 0 Å². The van der Waals surface area contributed by atoms with Gasteiger partial charge in [0.15, 0.2) is 23.9 Å². The molecule has 0 N–H and O–H groups in total. The van der Waals surface area contributed by atoms with E-state index in [-0.39, 0.29) is 18.3 Å². The largest absolute Gasteiger partial charge is 0.493 e. The zero-order valence-corrected chi connectivity index (χ0v) is 18.0. The lowest BCUT2D eigenvalue weighted by atomic mass is 10.1. The van der Waals surface area contributed by atoms with Gasteiger partial charge in [-0.05, 0) is 42.3 Å². The number of ether oxygens (including phenoxy) is 3. The number of amides is 1. The lowest BCUT2D eigenvalue weighted by Crippen LogP contribution is -2.27. The van der Waals surface area contributed by atoms with Crippen LogP contribution in [0.25, 0.3) is 6.08 Å². The highest BCUT2D eigenvalue weighted by molar-refractivity contribution is 6.07. The fraction of sp³-hybridized carbons (Fsp3) is 0.333. The molecule has 2 aromatic rings. The number of hydrogen-bond donors (Lipinski definition) is 0. The third kappa shape index (κ3) is 6.95. The topological polar surface area (TPSA) is 65.1 Å². The second-order valence-corrected chi connectivity index (χ2v) is 6.91. The second-order valence-electron chi connectivity index (χ2n) is 6.91. The van der Waals surface area contributed by atoms with Crippen molar-refractivity contribution in [2.45, 2.75) is 19.8 Å². The molecule has 0 unspecified atom stereocenters. The van der Waals surface area contributed by atoms with Crippen LogP contribution in [0.2, 0.25) is 0 Å². The molecule has 0 saturated heterocycles. The van der Waals surface area contributed by atoms with Crippen LogP contribution in [-0.2, 0) is 4.79 Å². The Hall–Kier alpha value is -3.28. The Morgan fingerprint density at radius 3 is 2.53 bits per heavy atom. The molecule has 0 aromatic heterocycles. The van der Waals surface area contributed by atoms with Crippen LogP contribution in [0.3, 0.4) is 0 Å². The number of allylic oxidation sites excluding steroid dienone is 1. The number of benzene rings is 2. The quantitative estimate of drug-likeness (QED) is 0.314. The number of hydrogen-bond acceptors (Lipinski definition) is 5. The van der Waals surface area contributed by atoms with Crippen LogP contribution < -0.4 is 14.2 Å². The third-order valence-corrected chi connectivity index (χ3v) is 4.35. The van der Waals surface area contributed by atoms with Crippen molar-refractivity contribution >= 4 is 17.8 Å². The molecule has 0 aliphatic rings. The Labute approximate surface area is 178 Å². The predicted molar refractivity (Wildman–Crippen MR) is 117 cm³/mol. The van der Waals surface area contributed by atoms with E-state index in [1.807, 2.05) is 18.2 Å². The summed E-state index contributed by atoms with van der Waals surface area (Å²) in [7, 11) is 4.92. The van der Waals surface area contributed by atoms with Crippen molar-refractivity contribution in [3.63, 3.8) is 0 Å². The van der Waals surface area contributed by atoms with Crippen molar-refractivity contribution in [2.75, 3.05) is 34.4 Å². The lowest BCUT2D eigenvalue weighted by Gasteiger charge is -2.11. The van der Waals surface area contributed by atoms with Gasteiger partial charge in [0, 0.05) is 19.7 Å². The molecule has 6 nitrogen and oxygen atoms in total. The standard InChI is InChI=1S/C24H29NO5/c1-5-6-14-29-23-15-18(11-13-22(23)28-4)10-12-21(26)19-8-7-9-20(16-19)30-17-24(27)25(2)3/h7-13,15-16H,5-6,14,17H2,1-4H3/b12-10+. The summed E-state index contributed by atoms with van der Waals surface area (Å²) in [6.07, 6.45) is 5.24. The summed E-state index contributed by atoms with van der Waals surface area (Å²) in [4.78, 5) is 25.7. The van der Waals surface area contributed by atoms with Gasteiger partial charge in [0.1, 0.15) is 5.75 Å². The van der Waals surface area contributed by atoms with Gasteiger partial charge in [-0.15, -0.1) is 0 Å². The molecule has 2 aromatic carbocycles. The predicted octanol–water partition coefficient (Wildman–Crippen LogP) is 4.24. The van der Waals surface area contributed by atoms with Gasteiger partial charge in [0.05, 0.1) is 13.7 Å². The van der Waals surface area contributed by atoms with Gasteiger partial charge >= 0.3 is 0 Å². The molecular weight excluding hydrogens is 382 g/mol. The Kier molecular flexibility index (Phi) is 8.94. The van der Waals surface area contributed by atoms with E-state index in [1.165, 1.54) is 11.0 Å². The molecule has 0 heterocycles. The van der Waals surface area contributed by atoms with Gasteiger partial charge in [-0.2, -0.15) is 0 Å². The molecular formula is C24H29NO5. The number of methoxy groups -OCH3 is 1. The van der Waals surface area contributed by atoms with E-state index >= 15 is 0 Å². The molecule has 0 spiro atoms. The molecule has 0 aliphatic heterocycles. The molecule has 0 fully saturated rings. The minimum atomic E-state index is -0.163. The lowest BCUT2D eigenvalue weighted by molar-refractivity contribution is -0.130. The van der Waals surface area contributed by atoms with Crippen molar-refractivity contribution in [3.05, 3.63) is 59.7 Å². The number of likely N-dealkylation sites (N-methyl/N-ethyl adjacent to an activating group) is 1. The number of rotatable bonds is 11. The average molecular weight is 411 g/mol. The zero-order valence-electron chi connectivity index (χ0n) is 18.0. The third-order valence-electron chi connectivity index (χ3n) is 4.35. The molecule has 6 heteroatoms. The van der Waals surface area contributed by atoms with Gasteiger partial charge in [-0.1, -0.05) is 37.6 Å². The molecule has 0 aliphatic carbocycles. The summed E-state index contributed by atoms with van der Waals surface area (Å²) in [6, 6.07) is 12.3. The molecule has 1 amide bonds. The van der Waals surface area contributed by atoms with E-state index in [4.69, 9.17) is 14.2 Å². The highest BCUT2D eigenvalue weighted by atomic mass is 16.5. The number of carbonyl (C=O) groups excluding carboxylic acids is 2. The summed E-state index contributed by atoms with van der Waals surface area (Å²) in [5.74, 6) is 1.47. The van der Waals surface area contributed by atoms with Crippen LogP contribution in [0, 0.1) is 0 Å². The first-order valence-electron chi connectivity index (χ1n) is 9.90. The summed E-state index contributed by atoms with van der Waals surface area (Å²) < 4.78 is 16.6. The molecule has 160 valence electrons. The summed E-state index contributed by atoms with van der Waals surface area (Å²) in [5.41, 5.74) is 1.31. The van der Waals surface area contributed by atoms with Gasteiger partial charge in [0.2, 0.25) is 0 Å². The average Bonchev–Trinajstić information content (AvgIpc) is 2.76. The molecule has 0 atom stereocenters. The molecule has 0 saturated carbocycles. The fourth-order valence-corrected chi connectivity index (χ4v) is 2.52. The van der Waals surface area contributed by atoms with Crippen molar-refractivity contribution in [1.29, 1.82) is 0 Å². The number of carbonyl (C=O) groups is 2. The van der Waals surface area contributed by atoms with Crippen molar-refractivity contribution in [2.24, 2.45) is 0 Å². The highest BCUT2D eigenvalue weighted by Gasteiger charge is 2.08. The van der Waals surface area contributed by atoms with E-state index in [0.717, 1.165) is 18.4 Å². The van der Waals surface area contributed by atoms with Crippen LogP contribution in [0.4, 0.5) is 0 Å². The Bertz CT molecular complexity index is 889. The van der Waals surface area contributed by atoms with Crippen LogP contribution in [-0.4, -0.2) is 51.0 Å².